The van der Waals surface area contributed by atoms with Crippen molar-refractivity contribution < 1.29 is 19.0 Å². The Bertz CT molecular complexity index is 738. The first-order chi connectivity index (χ1) is 9.88. The van der Waals surface area contributed by atoms with Crippen LogP contribution in [0.5, 0.6) is 11.5 Å². The number of rotatable bonds is 4. The minimum atomic E-state index is -0.881. The summed E-state index contributed by atoms with van der Waals surface area (Å²) in [5.41, 5.74) is -0.865. The van der Waals surface area contributed by atoms with Crippen molar-refractivity contribution in [2.45, 2.75) is 0 Å². The Hall–Kier alpha value is -2.55. The summed E-state index contributed by atoms with van der Waals surface area (Å²) >= 11 is 3.08. The standard InChI is InChI=1S/C12H6BrFN2O5/c13-10-2-1-3-11(16(19)20)12(10)21-9-5-7(14)4-8(6-9)15(17)18/h1-6H. The van der Waals surface area contributed by atoms with Crippen LogP contribution in [0, 0.1) is 26.0 Å². The number of nitro groups is 2. The van der Waals surface area contributed by atoms with E-state index in [1.165, 1.54) is 18.2 Å². The van der Waals surface area contributed by atoms with Gasteiger partial charge in [0.2, 0.25) is 5.75 Å². The van der Waals surface area contributed by atoms with E-state index in [2.05, 4.69) is 15.9 Å². The molecule has 0 aliphatic heterocycles. The molecule has 0 spiro atoms. The van der Waals surface area contributed by atoms with Crippen LogP contribution in [0.1, 0.15) is 0 Å². The zero-order valence-corrected chi connectivity index (χ0v) is 11.7. The molecule has 2 aromatic rings. The molecule has 108 valence electrons. The number of nitrogens with zero attached hydrogens (tertiary/aromatic N) is 2. The van der Waals surface area contributed by atoms with Crippen molar-refractivity contribution in [1.29, 1.82) is 0 Å². The van der Waals surface area contributed by atoms with Gasteiger partial charge in [-0.2, -0.15) is 0 Å². The maximum Gasteiger partial charge on any atom is 0.312 e. The van der Waals surface area contributed by atoms with E-state index in [4.69, 9.17) is 4.74 Å². The number of benzene rings is 2. The van der Waals surface area contributed by atoms with Crippen LogP contribution in [-0.2, 0) is 0 Å². The molecule has 0 radical (unpaired) electrons. The van der Waals surface area contributed by atoms with Crippen LogP contribution < -0.4 is 4.74 Å². The lowest BCUT2D eigenvalue weighted by Gasteiger charge is -2.08. The fourth-order valence-electron chi connectivity index (χ4n) is 1.57. The maximum absolute atomic E-state index is 13.3. The minimum absolute atomic E-state index is 0.164. The van der Waals surface area contributed by atoms with E-state index in [1.54, 1.807) is 0 Å². The van der Waals surface area contributed by atoms with Crippen LogP contribution in [0.3, 0.4) is 0 Å². The maximum atomic E-state index is 13.3. The Balaban J connectivity index is 2.48. The van der Waals surface area contributed by atoms with Gasteiger partial charge in [-0.25, -0.2) is 4.39 Å². The van der Waals surface area contributed by atoms with Crippen molar-refractivity contribution in [1.82, 2.24) is 0 Å². The van der Waals surface area contributed by atoms with E-state index in [0.717, 1.165) is 18.2 Å². The summed E-state index contributed by atoms with van der Waals surface area (Å²) in [4.78, 5) is 20.1. The topological polar surface area (TPSA) is 95.5 Å². The summed E-state index contributed by atoms with van der Waals surface area (Å²) in [7, 11) is 0. The molecule has 21 heavy (non-hydrogen) atoms. The highest BCUT2D eigenvalue weighted by atomic mass is 79.9. The average molecular weight is 357 g/mol. The minimum Gasteiger partial charge on any atom is -0.449 e. The molecule has 0 fully saturated rings. The van der Waals surface area contributed by atoms with Crippen LogP contribution in [0.15, 0.2) is 40.9 Å². The van der Waals surface area contributed by atoms with Crippen molar-refractivity contribution in [3.8, 4) is 11.5 Å². The second-order valence-corrected chi connectivity index (χ2v) is 4.70. The third-order valence-electron chi connectivity index (χ3n) is 2.43. The van der Waals surface area contributed by atoms with Gasteiger partial charge < -0.3 is 4.74 Å². The van der Waals surface area contributed by atoms with Crippen molar-refractivity contribution in [2.24, 2.45) is 0 Å². The van der Waals surface area contributed by atoms with Gasteiger partial charge in [-0.15, -0.1) is 0 Å². The van der Waals surface area contributed by atoms with Crippen LogP contribution in [0.4, 0.5) is 15.8 Å². The van der Waals surface area contributed by atoms with Crippen molar-refractivity contribution in [3.05, 3.63) is 66.9 Å². The highest BCUT2D eigenvalue weighted by Crippen LogP contribution is 2.38. The zero-order chi connectivity index (χ0) is 15.6. The average Bonchev–Trinajstić information content (AvgIpc) is 2.40. The number of nitro benzene ring substituents is 2. The lowest BCUT2D eigenvalue weighted by molar-refractivity contribution is -0.386. The summed E-state index contributed by atoms with van der Waals surface area (Å²) in [6.45, 7) is 0. The molecule has 0 saturated heterocycles. The Morgan fingerprint density at radius 3 is 2.43 bits per heavy atom. The molecule has 0 amide bonds. The Labute approximate surface area is 125 Å². The first-order valence-corrected chi connectivity index (χ1v) is 6.23. The van der Waals surface area contributed by atoms with Crippen LogP contribution >= 0.6 is 15.9 Å². The smallest absolute Gasteiger partial charge is 0.312 e. The van der Waals surface area contributed by atoms with E-state index in [9.17, 15) is 24.6 Å². The SMILES string of the molecule is O=[N+]([O-])c1cc(F)cc(Oc2c(Br)cccc2[N+](=O)[O-])c1. The first-order valence-electron chi connectivity index (χ1n) is 5.44. The van der Waals surface area contributed by atoms with Crippen LogP contribution in [-0.4, -0.2) is 9.85 Å². The van der Waals surface area contributed by atoms with Crippen LogP contribution in [0.25, 0.3) is 0 Å². The van der Waals surface area contributed by atoms with E-state index >= 15 is 0 Å². The molecule has 9 heteroatoms. The van der Waals surface area contributed by atoms with Crippen LogP contribution in [0.2, 0.25) is 0 Å². The van der Waals surface area contributed by atoms with Crippen molar-refractivity contribution in [2.75, 3.05) is 0 Å². The Morgan fingerprint density at radius 1 is 1.10 bits per heavy atom. The molecule has 0 aliphatic carbocycles. The molecule has 2 aromatic carbocycles. The predicted molar refractivity (Wildman–Crippen MR) is 73.9 cm³/mol. The lowest BCUT2D eigenvalue weighted by atomic mass is 10.2. The number of hydrogen-bond donors (Lipinski definition) is 0. The fourth-order valence-corrected chi connectivity index (χ4v) is 2.01. The number of para-hydroxylation sites is 1. The summed E-state index contributed by atoms with van der Waals surface area (Å²) in [6.07, 6.45) is 0. The number of hydrogen-bond acceptors (Lipinski definition) is 5. The quantitative estimate of drug-likeness (QED) is 0.604. The number of ether oxygens (including phenoxy) is 1. The molecule has 0 aliphatic rings. The Morgan fingerprint density at radius 2 is 1.81 bits per heavy atom. The van der Waals surface area contributed by atoms with Gasteiger partial charge in [-0.1, -0.05) is 6.07 Å². The predicted octanol–water partition coefficient (Wildman–Crippen LogP) is 4.20. The first kappa shape index (κ1) is 14.9. The van der Waals surface area contributed by atoms with Gasteiger partial charge in [-0.05, 0) is 22.0 Å². The molecule has 0 aromatic heterocycles. The highest BCUT2D eigenvalue weighted by molar-refractivity contribution is 9.10. The molecule has 0 atom stereocenters. The largest absolute Gasteiger partial charge is 0.449 e. The molecular weight excluding hydrogens is 351 g/mol. The van der Waals surface area contributed by atoms with Gasteiger partial charge in [-0.3, -0.25) is 20.2 Å². The molecule has 2 rings (SSSR count). The molecule has 0 unspecified atom stereocenters. The van der Waals surface area contributed by atoms with Gasteiger partial charge in [0.25, 0.3) is 5.69 Å². The van der Waals surface area contributed by atoms with E-state index in [-0.39, 0.29) is 21.7 Å². The van der Waals surface area contributed by atoms with Gasteiger partial charge in [0.05, 0.1) is 26.5 Å². The fraction of sp³-hybridized carbons (Fsp3) is 0. The second-order valence-electron chi connectivity index (χ2n) is 3.85. The van der Waals surface area contributed by atoms with E-state index in [0.29, 0.717) is 0 Å². The molecule has 0 saturated carbocycles. The summed E-state index contributed by atoms with van der Waals surface area (Å²) in [5.74, 6) is -1.26. The van der Waals surface area contributed by atoms with Crippen molar-refractivity contribution in [3.63, 3.8) is 0 Å². The van der Waals surface area contributed by atoms with Gasteiger partial charge in [0.15, 0.2) is 0 Å². The summed E-state index contributed by atoms with van der Waals surface area (Å²) in [5, 5.41) is 21.6. The van der Waals surface area contributed by atoms with Crippen molar-refractivity contribution >= 4 is 27.3 Å². The molecule has 0 bridgehead atoms. The second kappa shape index (κ2) is 5.83. The summed E-state index contributed by atoms with van der Waals surface area (Å²) < 4.78 is 18.8. The number of non-ortho nitro benzene ring substituents is 1. The Kier molecular flexibility index (Phi) is 4.13. The monoisotopic (exact) mass is 356 g/mol. The zero-order valence-electron chi connectivity index (χ0n) is 10.2. The van der Waals surface area contributed by atoms with E-state index in [1.807, 2.05) is 0 Å². The molecule has 7 nitrogen and oxygen atoms in total. The third kappa shape index (κ3) is 3.31. The normalized spacial score (nSPS) is 10.2. The van der Waals surface area contributed by atoms with E-state index < -0.39 is 21.4 Å². The van der Waals surface area contributed by atoms with Gasteiger partial charge >= 0.3 is 5.69 Å². The molecular formula is C12H6BrFN2O5. The van der Waals surface area contributed by atoms with Gasteiger partial charge in [0, 0.05) is 12.1 Å². The molecule has 0 heterocycles. The lowest BCUT2D eigenvalue weighted by Crippen LogP contribution is -1.96. The molecule has 0 N–H and O–H groups in total. The number of halogens is 2. The third-order valence-corrected chi connectivity index (χ3v) is 3.05. The summed E-state index contributed by atoms with van der Waals surface area (Å²) in [6, 6.07) is 6.73. The van der Waals surface area contributed by atoms with Gasteiger partial charge in [0.1, 0.15) is 11.6 Å². The highest BCUT2D eigenvalue weighted by Gasteiger charge is 2.20.